The topological polar surface area (TPSA) is 104 Å². The molecule has 2 aromatic heterocycles. The van der Waals surface area contributed by atoms with Crippen LogP contribution in [0.3, 0.4) is 0 Å². The van der Waals surface area contributed by atoms with Gasteiger partial charge in [0.25, 0.3) is 0 Å². The van der Waals surface area contributed by atoms with E-state index in [2.05, 4.69) is 42.0 Å². The van der Waals surface area contributed by atoms with Crippen molar-refractivity contribution in [1.29, 1.82) is 0 Å². The minimum absolute atomic E-state index is 0.114. The van der Waals surface area contributed by atoms with Gasteiger partial charge in [-0.1, -0.05) is 48.5 Å². The van der Waals surface area contributed by atoms with Crippen LogP contribution in [0.15, 0.2) is 89.5 Å². The number of benzene rings is 3. The first-order chi connectivity index (χ1) is 19.2. The highest BCUT2D eigenvalue weighted by atomic mass is 79.9. The number of para-hydroxylation sites is 2. The average molecular weight is 611 g/mol. The third-order valence-electron chi connectivity index (χ3n) is 6.04. The van der Waals surface area contributed by atoms with Gasteiger partial charge in [-0.2, -0.15) is 22.8 Å². The quantitative estimate of drug-likeness (QED) is 0.162. The SMILES string of the molecule is O=C(NCc1ccc(CNc2cc(-c3ccccc3O)nc3c(Br)cnn23)cc1)Nc1ccccc1C(F)(F)F. The summed E-state index contributed by atoms with van der Waals surface area (Å²) in [6, 6.07) is 20.2. The van der Waals surface area contributed by atoms with E-state index in [-0.39, 0.29) is 18.0 Å². The van der Waals surface area contributed by atoms with Gasteiger partial charge in [-0.05, 0) is 51.3 Å². The molecule has 0 saturated carbocycles. The molecule has 40 heavy (non-hydrogen) atoms. The number of phenols is 1. The molecule has 5 aromatic rings. The molecule has 8 nitrogen and oxygen atoms in total. The van der Waals surface area contributed by atoms with Crippen LogP contribution in [0.25, 0.3) is 16.9 Å². The van der Waals surface area contributed by atoms with E-state index in [1.54, 1.807) is 35.0 Å². The first-order valence-corrected chi connectivity index (χ1v) is 12.8. The van der Waals surface area contributed by atoms with Gasteiger partial charge in [0.15, 0.2) is 5.65 Å². The molecule has 5 rings (SSSR count). The molecule has 3 aromatic carbocycles. The molecule has 0 aliphatic rings. The first-order valence-electron chi connectivity index (χ1n) is 12.0. The maximum absolute atomic E-state index is 13.2. The number of amides is 2. The van der Waals surface area contributed by atoms with Gasteiger partial charge < -0.3 is 21.1 Å². The van der Waals surface area contributed by atoms with Gasteiger partial charge in [0.05, 0.1) is 27.6 Å². The number of anilines is 2. The smallest absolute Gasteiger partial charge is 0.418 e. The minimum atomic E-state index is -4.57. The van der Waals surface area contributed by atoms with E-state index in [0.717, 1.165) is 17.2 Å². The number of phenolic OH excluding ortho intramolecular Hbond substituents is 1. The Balaban J connectivity index is 1.23. The van der Waals surface area contributed by atoms with Crippen molar-refractivity contribution in [2.45, 2.75) is 19.3 Å². The lowest BCUT2D eigenvalue weighted by atomic mass is 10.1. The van der Waals surface area contributed by atoms with Crippen molar-refractivity contribution in [2.75, 3.05) is 10.6 Å². The molecule has 204 valence electrons. The van der Waals surface area contributed by atoms with Gasteiger partial charge in [0, 0.05) is 24.7 Å². The predicted octanol–water partition coefficient (Wildman–Crippen LogP) is 6.82. The number of aromatic hydroxyl groups is 1. The fourth-order valence-corrected chi connectivity index (χ4v) is 4.39. The van der Waals surface area contributed by atoms with Gasteiger partial charge in [-0.15, -0.1) is 0 Å². The van der Waals surface area contributed by atoms with Crippen molar-refractivity contribution in [3.63, 3.8) is 0 Å². The molecule has 0 radical (unpaired) electrons. The molecular weight excluding hydrogens is 589 g/mol. The molecule has 0 aliphatic heterocycles. The number of hydrogen-bond acceptors (Lipinski definition) is 5. The highest BCUT2D eigenvalue weighted by Crippen LogP contribution is 2.34. The fraction of sp³-hybridized carbons (Fsp3) is 0.107. The molecule has 2 heterocycles. The molecule has 0 atom stereocenters. The van der Waals surface area contributed by atoms with E-state index in [9.17, 15) is 23.1 Å². The highest BCUT2D eigenvalue weighted by Gasteiger charge is 2.33. The van der Waals surface area contributed by atoms with E-state index >= 15 is 0 Å². The van der Waals surface area contributed by atoms with Crippen molar-refractivity contribution in [3.8, 4) is 17.0 Å². The number of rotatable bonds is 7. The molecule has 12 heteroatoms. The van der Waals surface area contributed by atoms with E-state index in [0.29, 0.717) is 33.7 Å². The molecule has 0 spiro atoms. The van der Waals surface area contributed by atoms with E-state index in [1.807, 2.05) is 30.3 Å². The van der Waals surface area contributed by atoms with Crippen LogP contribution in [0.4, 0.5) is 29.5 Å². The summed E-state index contributed by atoms with van der Waals surface area (Å²) in [5.41, 5.74) is 2.23. The van der Waals surface area contributed by atoms with E-state index in [1.165, 1.54) is 18.2 Å². The number of hydrogen-bond donors (Lipinski definition) is 4. The Hall–Kier alpha value is -4.58. The molecular formula is C28H22BrF3N6O2. The second-order valence-corrected chi connectivity index (χ2v) is 9.65. The van der Waals surface area contributed by atoms with Crippen molar-refractivity contribution < 1.29 is 23.1 Å². The van der Waals surface area contributed by atoms with E-state index in [4.69, 9.17) is 0 Å². The van der Waals surface area contributed by atoms with E-state index < -0.39 is 17.8 Å². The van der Waals surface area contributed by atoms with Crippen molar-refractivity contribution >= 4 is 39.1 Å². The fourth-order valence-electron chi connectivity index (χ4n) is 4.05. The van der Waals surface area contributed by atoms with Gasteiger partial charge in [-0.25, -0.2) is 9.78 Å². The van der Waals surface area contributed by atoms with Crippen LogP contribution in [0, 0.1) is 0 Å². The number of halogens is 4. The number of carbonyl (C=O) groups is 1. The second-order valence-electron chi connectivity index (χ2n) is 8.79. The van der Waals surface area contributed by atoms with Crippen molar-refractivity contribution in [2.24, 2.45) is 0 Å². The maximum Gasteiger partial charge on any atom is 0.418 e. The number of nitrogens with zero attached hydrogens (tertiary/aromatic N) is 3. The lowest BCUT2D eigenvalue weighted by Crippen LogP contribution is -2.29. The van der Waals surface area contributed by atoms with Crippen LogP contribution in [-0.4, -0.2) is 25.7 Å². The number of carbonyl (C=O) groups excluding carboxylic acids is 1. The van der Waals surface area contributed by atoms with Gasteiger partial charge in [0.2, 0.25) is 0 Å². The van der Waals surface area contributed by atoms with Crippen molar-refractivity contribution in [1.82, 2.24) is 19.9 Å². The highest BCUT2D eigenvalue weighted by molar-refractivity contribution is 9.10. The lowest BCUT2D eigenvalue weighted by Gasteiger charge is -2.14. The number of nitrogens with one attached hydrogen (secondary N) is 3. The van der Waals surface area contributed by atoms with Crippen LogP contribution < -0.4 is 16.0 Å². The Kier molecular flexibility index (Phi) is 7.60. The van der Waals surface area contributed by atoms with Crippen LogP contribution in [0.5, 0.6) is 5.75 Å². The summed E-state index contributed by atoms with van der Waals surface area (Å²) in [5.74, 6) is 0.777. The zero-order valence-electron chi connectivity index (χ0n) is 20.7. The monoisotopic (exact) mass is 610 g/mol. The maximum atomic E-state index is 13.2. The lowest BCUT2D eigenvalue weighted by molar-refractivity contribution is -0.136. The van der Waals surface area contributed by atoms with Crippen LogP contribution in [0.2, 0.25) is 0 Å². The molecule has 0 bridgehead atoms. The third-order valence-corrected chi connectivity index (χ3v) is 6.60. The Bertz CT molecular complexity index is 1670. The van der Waals surface area contributed by atoms with Gasteiger partial charge >= 0.3 is 12.2 Å². The number of alkyl halides is 3. The summed E-state index contributed by atoms with van der Waals surface area (Å²) in [5, 5.41) is 22.9. The molecule has 2 amide bonds. The molecule has 0 aliphatic carbocycles. The second kappa shape index (κ2) is 11.3. The summed E-state index contributed by atoms with van der Waals surface area (Å²) in [6.45, 7) is 0.573. The number of aromatic nitrogens is 3. The molecule has 0 fully saturated rings. The minimum Gasteiger partial charge on any atom is -0.507 e. The Morgan fingerprint density at radius 3 is 2.35 bits per heavy atom. The average Bonchev–Trinajstić information content (AvgIpc) is 3.31. The van der Waals surface area contributed by atoms with Gasteiger partial charge in [0.1, 0.15) is 11.6 Å². The summed E-state index contributed by atoms with van der Waals surface area (Å²) >= 11 is 3.47. The summed E-state index contributed by atoms with van der Waals surface area (Å²) in [4.78, 5) is 16.8. The van der Waals surface area contributed by atoms with Crippen LogP contribution in [0.1, 0.15) is 16.7 Å². The number of fused-ring (bicyclic) bond motifs is 1. The molecule has 0 unspecified atom stereocenters. The molecule has 0 saturated heterocycles. The van der Waals surface area contributed by atoms with Crippen LogP contribution in [-0.2, 0) is 19.3 Å². The summed E-state index contributed by atoms with van der Waals surface area (Å²) < 4.78 is 41.8. The summed E-state index contributed by atoms with van der Waals surface area (Å²) in [6.07, 6.45) is -2.93. The zero-order valence-corrected chi connectivity index (χ0v) is 22.3. The summed E-state index contributed by atoms with van der Waals surface area (Å²) in [7, 11) is 0. The first kappa shape index (κ1) is 27.0. The predicted molar refractivity (Wildman–Crippen MR) is 149 cm³/mol. The normalized spacial score (nSPS) is 11.4. The Morgan fingerprint density at radius 2 is 1.62 bits per heavy atom. The Labute approximate surface area is 235 Å². The van der Waals surface area contributed by atoms with Crippen LogP contribution >= 0.6 is 15.9 Å². The standard InChI is InChI=1S/C28H22BrF3N6O2/c29-21-16-35-38-25(13-23(36-26(21)38)19-5-1-4-8-24(19)39)33-14-17-9-11-18(12-10-17)15-34-27(40)37-22-7-3-2-6-20(22)28(30,31)32/h1-13,16,33,39H,14-15H2,(H2,34,37,40). The molecule has 4 N–H and O–H groups in total. The van der Waals surface area contributed by atoms with Crippen molar-refractivity contribution in [3.05, 3.63) is 106 Å². The zero-order chi connectivity index (χ0) is 28.3. The largest absolute Gasteiger partial charge is 0.507 e. The number of urea groups is 1. The Morgan fingerprint density at radius 1 is 0.950 bits per heavy atom. The third kappa shape index (κ3) is 6.01. The van der Waals surface area contributed by atoms with Gasteiger partial charge in [-0.3, -0.25) is 0 Å².